The normalized spacial score (nSPS) is 14.9. The third-order valence-corrected chi connectivity index (χ3v) is 5.97. The Morgan fingerprint density at radius 2 is 1.65 bits per heavy atom. The maximum atomic E-state index is 4.95. The monoisotopic (exact) mass is 413 g/mol. The van der Waals surface area contributed by atoms with E-state index in [9.17, 15) is 0 Å². The van der Waals surface area contributed by atoms with Crippen LogP contribution in [0, 0.1) is 13.8 Å². The Morgan fingerprint density at radius 3 is 2.39 bits per heavy atom. The molecule has 0 saturated carbocycles. The summed E-state index contributed by atoms with van der Waals surface area (Å²) < 4.78 is 1.89. The van der Waals surface area contributed by atoms with Gasteiger partial charge in [0.15, 0.2) is 5.65 Å². The number of anilines is 3. The molecule has 2 aromatic carbocycles. The number of aromatic nitrogens is 4. The lowest BCUT2D eigenvalue weighted by Gasteiger charge is -2.32. The van der Waals surface area contributed by atoms with Gasteiger partial charge in [0.1, 0.15) is 5.82 Å². The lowest BCUT2D eigenvalue weighted by atomic mass is 10.1. The molecule has 0 atom stereocenters. The molecule has 1 N–H and O–H groups in total. The molecule has 0 bridgehead atoms. The van der Waals surface area contributed by atoms with Crippen LogP contribution in [-0.2, 0) is 0 Å². The number of nitrogens with zero attached hydrogens (tertiary/aromatic N) is 6. The van der Waals surface area contributed by atoms with Gasteiger partial charge in [-0.2, -0.15) is 15.1 Å². The van der Waals surface area contributed by atoms with Gasteiger partial charge >= 0.3 is 0 Å². The van der Waals surface area contributed by atoms with Crippen molar-refractivity contribution in [2.24, 2.45) is 0 Å². The van der Waals surface area contributed by atoms with E-state index in [-0.39, 0.29) is 0 Å². The Labute approximate surface area is 182 Å². The van der Waals surface area contributed by atoms with Crippen LogP contribution in [0.25, 0.3) is 16.7 Å². The Hall–Kier alpha value is -3.45. The lowest BCUT2D eigenvalue weighted by Crippen LogP contribution is -2.45. The highest BCUT2D eigenvalue weighted by molar-refractivity contribution is 5.90. The summed E-state index contributed by atoms with van der Waals surface area (Å²) in [6.45, 7) is 8.06. The van der Waals surface area contributed by atoms with Crippen LogP contribution in [0.15, 0.2) is 54.7 Å². The van der Waals surface area contributed by atoms with Gasteiger partial charge in [0.05, 0.1) is 17.3 Å². The summed E-state index contributed by atoms with van der Waals surface area (Å²) in [7, 11) is 2.15. The van der Waals surface area contributed by atoms with Crippen molar-refractivity contribution < 1.29 is 0 Å². The molecular weight excluding hydrogens is 386 g/mol. The van der Waals surface area contributed by atoms with Crippen molar-refractivity contribution in [1.82, 2.24) is 24.6 Å². The minimum Gasteiger partial charge on any atom is -0.339 e. The van der Waals surface area contributed by atoms with Crippen molar-refractivity contribution in [2.75, 3.05) is 43.4 Å². The first-order chi connectivity index (χ1) is 15.1. The van der Waals surface area contributed by atoms with Gasteiger partial charge in [0.2, 0.25) is 5.95 Å². The van der Waals surface area contributed by atoms with Crippen molar-refractivity contribution in [1.29, 1.82) is 0 Å². The fourth-order valence-corrected chi connectivity index (χ4v) is 3.85. The van der Waals surface area contributed by atoms with E-state index < -0.39 is 0 Å². The van der Waals surface area contributed by atoms with Crippen molar-refractivity contribution in [2.45, 2.75) is 13.8 Å². The molecule has 1 fully saturated rings. The zero-order valence-electron chi connectivity index (χ0n) is 18.2. The number of nitrogens with one attached hydrogen (secondary N) is 1. The van der Waals surface area contributed by atoms with Gasteiger partial charge in [-0.1, -0.05) is 24.3 Å². The zero-order chi connectivity index (χ0) is 21.4. The molecule has 1 aliphatic rings. The summed E-state index contributed by atoms with van der Waals surface area (Å²) in [5.74, 6) is 1.52. The molecule has 1 saturated heterocycles. The van der Waals surface area contributed by atoms with Crippen LogP contribution in [0.1, 0.15) is 11.1 Å². The highest BCUT2D eigenvalue weighted by atomic mass is 15.4. The van der Waals surface area contributed by atoms with E-state index in [0.29, 0.717) is 0 Å². The van der Waals surface area contributed by atoms with E-state index in [1.54, 1.807) is 0 Å². The summed E-state index contributed by atoms with van der Waals surface area (Å²) >= 11 is 0. The van der Waals surface area contributed by atoms with Gasteiger partial charge in [-0.05, 0) is 56.3 Å². The summed E-state index contributed by atoms with van der Waals surface area (Å²) in [5.41, 5.74) is 5.32. The first-order valence-electron chi connectivity index (χ1n) is 10.7. The molecule has 0 aliphatic carbocycles. The quantitative estimate of drug-likeness (QED) is 0.547. The van der Waals surface area contributed by atoms with Crippen LogP contribution in [0.5, 0.6) is 0 Å². The van der Waals surface area contributed by atoms with Gasteiger partial charge < -0.3 is 15.1 Å². The van der Waals surface area contributed by atoms with E-state index >= 15 is 0 Å². The van der Waals surface area contributed by atoms with Gasteiger partial charge in [-0.15, -0.1) is 0 Å². The number of rotatable bonds is 4. The second-order valence-electron chi connectivity index (χ2n) is 8.22. The number of fused-ring (bicyclic) bond motifs is 1. The molecule has 7 nitrogen and oxygen atoms in total. The topological polar surface area (TPSA) is 62.1 Å². The molecule has 158 valence electrons. The predicted octanol–water partition coefficient (Wildman–Crippen LogP) is 3.93. The summed E-state index contributed by atoms with van der Waals surface area (Å²) in [4.78, 5) is 14.5. The average molecular weight is 414 g/mol. The van der Waals surface area contributed by atoms with Crippen LogP contribution in [0.2, 0.25) is 0 Å². The molecule has 0 amide bonds. The van der Waals surface area contributed by atoms with E-state index in [2.05, 4.69) is 59.3 Å². The molecule has 2 aromatic heterocycles. The SMILES string of the molecule is Cc1ccc(Nc2nc(N3CCN(C)CC3)nc3c2cnn3-c2ccccc2)cc1C. The summed E-state index contributed by atoms with van der Waals surface area (Å²) in [6.07, 6.45) is 1.85. The number of piperazine rings is 1. The largest absolute Gasteiger partial charge is 0.339 e. The summed E-state index contributed by atoms with van der Waals surface area (Å²) in [6, 6.07) is 16.5. The number of likely N-dealkylation sites (N-methyl/N-ethyl adjacent to an activating group) is 1. The molecule has 7 heteroatoms. The first kappa shape index (κ1) is 19.5. The van der Waals surface area contributed by atoms with E-state index in [1.807, 2.05) is 41.2 Å². The third kappa shape index (κ3) is 3.84. The van der Waals surface area contributed by atoms with E-state index in [4.69, 9.17) is 9.97 Å². The van der Waals surface area contributed by atoms with E-state index in [0.717, 1.165) is 60.4 Å². The van der Waals surface area contributed by atoms with Crippen molar-refractivity contribution in [3.8, 4) is 5.69 Å². The van der Waals surface area contributed by atoms with Crippen LogP contribution in [0.3, 0.4) is 0 Å². The van der Waals surface area contributed by atoms with E-state index in [1.165, 1.54) is 11.1 Å². The molecule has 3 heterocycles. The maximum Gasteiger partial charge on any atom is 0.229 e. The number of aryl methyl sites for hydroxylation is 2. The van der Waals surface area contributed by atoms with Gasteiger partial charge in [0, 0.05) is 31.9 Å². The zero-order valence-corrected chi connectivity index (χ0v) is 18.2. The molecule has 0 unspecified atom stereocenters. The third-order valence-electron chi connectivity index (χ3n) is 5.97. The Bertz CT molecular complexity index is 1210. The minimum atomic E-state index is 0.740. The minimum absolute atomic E-state index is 0.740. The molecule has 0 spiro atoms. The average Bonchev–Trinajstić information content (AvgIpc) is 3.22. The highest BCUT2D eigenvalue weighted by Gasteiger charge is 2.21. The van der Waals surface area contributed by atoms with Crippen molar-refractivity contribution in [3.63, 3.8) is 0 Å². The smallest absolute Gasteiger partial charge is 0.229 e. The fraction of sp³-hybridized carbons (Fsp3) is 0.292. The maximum absolute atomic E-state index is 4.95. The second-order valence-corrected chi connectivity index (χ2v) is 8.22. The summed E-state index contributed by atoms with van der Waals surface area (Å²) in [5, 5.41) is 9.07. The molecular formula is C24H27N7. The number of benzene rings is 2. The van der Waals surface area contributed by atoms with Crippen LogP contribution in [-0.4, -0.2) is 57.9 Å². The predicted molar refractivity (Wildman–Crippen MR) is 126 cm³/mol. The molecule has 31 heavy (non-hydrogen) atoms. The number of hydrogen-bond acceptors (Lipinski definition) is 6. The molecule has 1 aliphatic heterocycles. The second kappa shape index (κ2) is 8.00. The van der Waals surface area contributed by atoms with Gasteiger partial charge in [0.25, 0.3) is 0 Å². The van der Waals surface area contributed by atoms with Gasteiger partial charge in [-0.25, -0.2) is 4.68 Å². The number of para-hydroxylation sites is 1. The number of hydrogen-bond donors (Lipinski definition) is 1. The highest BCUT2D eigenvalue weighted by Crippen LogP contribution is 2.29. The molecule has 4 aromatic rings. The Balaban J connectivity index is 1.62. The molecule has 0 radical (unpaired) electrons. The van der Waals surface area contributed by atoms with Crippen LogP contribution < -0.4 is 10.2 Å². The van der Waals surface area contributed by atoms with Crippen molar-refractivity contribution in [3.05, 3.63) is 65.9 Å². The van der Waals surface area contributed by atoms with Gasteiger partial charge in [-0.3, -0.25) is 0 Å². The first-order valence-corrected chi connectivity index (χ1v) is 10.7. The van der Waals surface area contributed by atoms with Crippen molar-refractivity contribution >= 4 is 28.5 Å². The van der Waals surface area contributed by atoms with Crippen LogP contribution >= 0.6 is 0 Å². The Morgan fingerprint density at radius 1 is 0.871 bits per heavy atom. The lowest BCUT2D eigenvalue weighted by molar-refractivity contribution is 0.311. The standard InChI is InChI=1S/C24H27N7/c1-17-9-10-19(15-18(17)2)26-22-21-16-25-31(20-7-5-4-6-8-20)23(21)28-24(27-22)30-13-11-29(3)12-14-30/h4-10,15-16H,11-14H2,1-3H3,(H,26,27,28). The molecule has 5 rings (SSSR count). The van der Waals surface area contributed by atoms with Crippen LogP contribution in [0.4, 0.5) is 17.5 Å². The fourth-order valence-electron chi connectivity index (χ4n) is 3.85. The Kier molecular flexibility index (Phi) is 5.03.